The zero-order valence-corrected chi connectivity index (χ0v) is 12.8. The fourth-order valence-electron chi connectivity index (χ4n) is 1.91. The Morgan fingerprint density at radius 2 is 1.94 bits per heavy atom. The van der Waals surface area contributed by atoms with Crippen LogP contribution in [0.5, 0.6) is 5.75 Å². The highest BCUT2D eigenvalue weighted by Gasteiger charge is 2.19. The van der Waals surface area contributed by atoms with E-state index in [9.17, 15) is 0 Å². The van der Waals surface area contributed by atoms with Crippen molar-refractivity contribution in [1.29, 1.82) is 0 Å². The normalized spacial score (nSPS) is 12.5. The van der Waals surface area contributed by atoms with Gasteiger partial charge in [-0.3, -0.25) is 0 Å². The van der Waals surface area contributed by atoms with Crippen molar-refractivity contribution in [2.75, 3.05) is 7.11 Å². The molecule has 1 atom stereocenters. The number of hydrogen-bond acceptors (Lipinski definition) is 2. The lowest BCUT2D eigenvalue weighted by Crippen LogP contribution is -1.95. The molecule has 1 aromatic heterocycles. The summed E-state index contributed by atoms with van der Waals surface area (Å²) in [7, 11) is 1.63. The number of ether oxygens (including phenoxy) is 1. The van der Waals surface area contributed by atoms with E-state index in [-0.39, 0.29) is 4.83 Å². The summed E-state index contributed by atoms with van der Waals surface area (Å²) in [5.74, 6) is 2.56. The molecule has 0 saturated carbocycles. The van der Waals surface area contributed by atoms with Crippen LogP contribution < -0.4 is 4.74 Å². The second kappa shape index (κ2) is 5.37. The number of rotatable bonds is 3. The van der Waals surface area contributed by atoms with Crippen molar-refractivity contribution in [1.82, 2.24) is 0 Å². The Labute approximate surface area is 120 Å². The highest BCUT2D eigenvalue weighted by Crippen LogP contribution is 2.39. The van der Waals surface area contributed by atoms with Gasteiger partial charge in [0.15, 0.2) is 0 Å². The molecule has 4 heteroatoms. The minimum atomic E-state index is 0.0216. The molecule has 1 heterocycles. The first-order valence-corrected chi connectivity index (χ1v) is 6.86. The molecule has 0 saturated heterocycles. The molecule has 0 amide bonds. The summed E-state index contributed by atoms with van der Waals surface area (Å²) in [5.41, 5.74) is 2.10. The summed E-state index contributed by atoms with van der Waals surface area (Å²) in [5, 5.41) is 0.675. The molecular formula is C14H14BrClO2. The third-order valence-corrected chi connectivity index (χ3v) is 4.15. The molecule has 0 radical (unpaired) electrons. The summed E-state index contributed by atoms with van der Waals surface area (Å²) in [6, 6.07) is 7.70. The van der Waals surface area contributed by atoms with Crippen LogP contribution in [-0.4, -0.2) is 7.11 Å². The van der Waals surface area contributed by atoms with Crippen LogP contribution in [-0.2, 0) is 0 Å². The minimum absolute atomic E-state index is 0.0216. The number of benzene rings is 1. The SMILES string of the molecule is COc1ccc(C(Br)c2cc(C)oc2C)c(Cl)c1. The van der Waals surface area contributed by atoms with Gasteiger partial charge in [-0.1, -0.05) is 33.6 Å². The Hall–Kier alpha value is -0.930. The number of halogens is 2. The predicted molar refractivity (Wildman–Crippen MR) is 77.0 cm³/mol. The Morgan fingerprint density at radius 3 is 2.44 bits per heavy atom. The molecule has 0 aliphatic rings. The summed E-state index contributed by atoms with van der Waals surface area (Å²) in [6.45, 7) is 3.89. The first-order chi connectivity index (χ1) is 8.52. The van der Waals surface area contributed by atoms with E-state index in [0.29, 0.717) is 5.02 Å². The van der Waals surface area contributed by atoms with Crippen molar-refractivity contribution in [3.05, 3.63) is 51.9 Å². The number of hydrogen-bond donors (Lipinski definition) is 0. The van der Waals surface area contributed by atoms with E-state index in [0.717, 1.165) is 28.4 Å². The summed E-state index contributed by atoms with van der Waals surface area (Å²) >= 11 is 9.94. The van der Waals surface area contributed by atoms with Crippen LogP contribution in [0.2, 0.25) is 5.02 Å². The predicted octanol–water partition coefficient (Wildman–Crippen LogP) is 5.04. The monoisotopic (exact) mass is 328 g/mol. The van der Waals surface area contributed by atoms with E-state index in [1.165, 1.54) is 0 Å². The smallest absolute Gasteiger partial charge is 0.120 e. The van der Waals surface area contributed by atoms with Crippen LogP contribution in [0.1, 0.15) is 27.5 Å². The van der Waals surface area contributed by atoms with Crippen LogP contribution in [0.4, 0.5) is 0 Å². The van der Waals surface area contributed by atoms with Gasteiger partial charge in [0.2, 0.25) is 0 Å². The average molecular weight is 330 g/mol. The van der Waals surface area contributed by atoms with Crippen LogP contribution in [0.3, 0.4) is 0 Å². The second-order valence-electron chi connectivity index (χ2n) is 4.12. The third-order valence-electron chi connectivity index (χ3n) is 2.83. The average Bonchev–Trinajstić information content (AvgIpc) is 2.67. The fraction of sp³-hybridized carbons (Fsp3) is 0.286. The molecule has 0 bridgehead atoms. The van der Waals surface area contributed by atoms with Gasteiger partial charge in [-0.15, -0.1) is 0 Å². The van der Waals surface area contributed by atoms with E-state index in [1.54, 1.807) is 7.11 Å². The topological polar surface area (TPSA) is 22.4 Å². The molecule has 0 aliphatic carbocycles. The Morgan fingerprint density at radius 1 is 1.22 bits per heavy atom. The van der Waals surface area contributed by atoms with Crippen LogP contribution >= 0.6 is 27.5 Å². The van der Waals surface area contributed by atoms with Crippen molar-refractivity contribution < 1.29 is 9.15 Å². The first kappa shape index (κ1) is 13.5. The number of furan rings is 1. The van der Waals surface area contributed by atoms with Gasteiger partial charge in [0, 0.05) is 10.6 Å². The largest absolute Gasteiger partial charge is 0.497 e. The van der Waals surface area contributed by atoms with Gasteiger partial charge < -0.3 is 9.15 Å². The van der Waals surface area contributed by atoms with Crippen LogP contribution in [0, 0.1) is 13.8 Å². The maximum atomic E-state index is 6.27. The maximum Gasteiger partial charge on any atom is 0.120 e. The van der Waals surface area contributed by atoms with Crippen molar-refractivity contribution in [2.45, 2.75) is 18.7 Å². The molecule has 2 aromatic rings. The number of alkyl halides is 1. The standard InChI is InChI=1S/C14H14BrClO2/c1-8-6-12(9(2)18-8)14(15)11-5-4-10(17-3)7-13(11)16/h4-7,14H,1-3H3. The van der Waals surface area contributed by atoms with E-state index in [4.69, 9.17) is 20.8 Å². The molecule has 2 nitrogen and oxygen atoms in total. The van der Waals surface area contributed by atoms with E-state index < -0.39 is 0 Å². The Bertz CT molecular complexity index is 563. The van der Waals surface area contributed by atoms with E-state index >= 15 is 0 Å². The molecule has 2 rings (SSSR count). The lowest BCUT2D eigenvalue weighted by Gasteiger charge is -2.12. The van der Waals surface area contributed by atoms with E-state index in [2.05, 4.69) is 15.9 Å². The number of aryl methyl sites for hydroxylation is 2. The highest BCUT2D eigenvalue weighted by molar-refractivity contribution is 9.09. The molecule has 0 spiro atoms. The fourth-order valence-corrected chi connectivity index (χ4v) is 3.18. The van der Waals surface area contributed by atoms with Gasteiger partial charge in [-0.25, -0.2) is 0 Å². The molecule has 0 N–H and O–H groups in total. The second-order valence-corrected chi connectivity index (χ2v) is 5.44. The number of methoxy groups -OCH3 is 1. The molecule has 1 unspecified atom stereocenters. The lowest BCUT2D eigenvalue weighted by molar-refractivity contribution is 0.414. The quantitative estimate of drug-likeness (QED) is 0.736. The molecule has 0 fully saturated rings. The van der Waals surface area contributed by atoms with Crippen LogP contribution in [0.25, 0.3) is 0 Å². The van der Waals surface area contributed by atoms with Gasteiger partial charge in [0.25, 0.3) is 0 Å². The van der Waals surface area contributed by atoms with Gasteiger partial charge in [0.05, 0.1) is 11.9 Å². The minimum Gasteiger partial charge on any atom is -0.497 e. The Kier molecular flexibility index (Phi) is 4.03. The molecule has 18 heavy (non-hydrogen) atoms. The maximum absolute atomic E-state index is 6.27. The highest BCUT2D eigenvalue weighted by atomic mass is 79.9. The molecule has 1 aromatic carbocycles. The summed E-state index contributed by atoms with van der Waals surface area (Å²) in [4.78, 5) is 0.0216. The Balaban J connectivity index is 2.39. The molecular weight excluding hydrogens is 316 g/mol. The van der Waals surface area contributed by atoms with Gasteiger partial charge in [-0.05, 0) is 37.6 Å². The van der Waals surface area contributed by atoms with Crippen molar-refractivity contribution in [3.63, 3.8) is 0 Å². The zero-order chi connectivity index (χ0) is 13.3. The van der Waals surface area contributed by atoms with Crippen molar-refractivity contribution >= 4 is 27.5 Å². The summed E-state index contributed by atoms with van der Waals surface area (Å²) < 4.78 is 10.7. The van der Waals surface area contributed by atoms with Crippen molar-refractivity contribution in [3.8, 4) is 5.75 Å². The first-order valence-electron chi connectivity index (χ1n) is 5.57. The summed E-state index contributed by atoms with van der Waals surface area (Å²) in [6.07, 6.45) is 0. The van der Waals surface area contributed by atoms with Crippen molar-refractivity contribution in [2.24, 2.45) is 0 Å². The zero-order valence-electron chi connectivity index (χ0n) is 10.5. The van der Waals surface area contributed by atoms with E-state index in [1.807, 2.05) is 38.1 Å². The molecule has 96 valence electrons. The van der Waals surface area contributed by atoms with Gasteiger partial charge >= 0.3 is 0 Å². The lowest BCUT2D eigenvalue weighted by atomic mass is 10.1. The third kappa shape index (κ3) is 2.57. The van der Waals surface area contributed by atoms with Crippen LogP contribution in [0.15, 0.2) is 28.7 Å². The molecule has 0 aliphatic heterocycles. The van der Waals surface area contributed by atoms with Gasteiger partial charge in [0.1, 0.15) is 17.3 Å². The van der Waals surface area contributed by atoms with Gasteiger partial charge in [-0.2, -0.15) is 0 Å².